The lowest BCUT2D eigenvalue weighted by Gasteiger charge is -2.25. The predicted molar refractivity (Wildman–Crippen MR) is 97.4 cm³/mol. The van der Waals surface area contributed by atoms with Gasteiger partial charge in [0.2, 0.25) is 0 Å². The zero-order chi connectivity index (χ0) is 18.1. The maximum Gasteiger partial charge on any atom is 0.274 e. The van der Waals surface area contributed by atoms with Crippen molar-refractivity contribution in [2.45, 2.75) is 44.7 Å². The molecule has 138 valence electrons. The number of carbonyl (C=O) groups excluding carboxylic acids is 1. The molecule has 5 nitrogen and oxygen atoms in total. The lowest BCUT2D eigenvalue weighted by atomic mass is 9.91. The summed E-state index contributed by atoms with van der Waals surface area (Å²) in [5, 5.41) is 8.11. The molecule has 0 radical (unpaired) electrons. The molecule has 1 amide bonds. The molecule has 1 N–H and O–H groups in total. The molecular weight excluding hydrogens is 331 g/mol. The monoisotopic (exact) mass is 356 g/mol. The quantitative estimate of drug-likeness (QED) is 0.915. The van der Waals surface area contributed by atoms with Crippen molar-refractivity contribution in [3.05, 3.63) is 52.6 Å². The molecule has 2 aromatic rings. The van der Waals surface area contributed by atoms with Gasteiger partial charge >= 0.3 is 0 Å². The van der Waals surface area contributed by atoms with Crippen LogP contribution in [0.4, 0.5) is 4.39 Å². The van der Waals surface area contributed by atoms with Crippen molar-refractivity contribution in [1.82, 2.24) is 20.0 Å². The first-order valence-corrected chi connectivity index (χ1v) is 9.43. The summed E-state index contributed by atoms with van der Waals surface area (Å²) in [7, 11) is 1.94. The molecule has 1 aliphatic carbocycles. The maximum absolute atomic E-state index is 13.0. The van der Waals surface area contributed by atoms with E-state index in [4.69, 9.17) is 0 Å². The summed E-state index contributed by atoms with van der Waals surface area (Å²) >= 11 is 0. The van der Waals surface area contributed by atoms with Crippen LogP contribution in [0.5, 0.6) is 0 Å². The second kappa shape index (κ2) is 7.19. The van der Waals surface area contributed by atoms with Crippen molar-refractivity contribution in [1.29, 1.82) is 0 Å². The molecule has 0 bridgehead atoms. The van der Waals surface area contributed by atoms with Gasteiger partial charge in [0.05, 0.1) is 0 Å². The molecule has 1 aliphatic heterocycles. The van der Waals surface area contributed by atoms with Gasteiger partial charge in [0.25, 0.3) is 5.91 Å². The molecule has 1 saturated heterocycles. The van der Waals surface area contributed by atoms with Crippen LogP contribution < -0.4 is 5.32 Å². The number of rotatable bonds is 4. The predicted octanol–water partition coefficient (Wildman–Crippen LogP) is 2.44. The number of aromatic nitrogens is 2. The molecule has 1 aromatic heterocycles. The Labute approximate surface area is 153 Å². The van der Waals surface area contributed by atoms with E-state index in [1.807, 2.05) is 28.8 Å². The van der Waals surface area contributed by atoms with Crippen LogP contribution in [0.2, 0.25) is 0 Å². The largest absolute Gasteiger partial charge is 0.337 e. The van der Waals surface area contributed by atoms with Crippen LogP contribution in [0.3, 0.4) is 0 Å². The van der Waals surface area contributed by atoms with Gasteiger partial charge in [0.15, 0.2) is 5.69 Å². The fraction of sp³-hybridized carbons (Fsp3) is 0.500. The average Bonchev–Trinajstić information content (AvgIpc) is 3.29. The van der Waals surface area contributed by atoms with E-state index in [1.54, 1.807) is 0 Å². The van der Waals surface area contributed by atoms with Crippen molar-refractivity contribution in [3.63, 3.8) is 0 Å². The number of hydrogen-bond donors (Lipinski definition) is 1. The summed E-state index contributed by atoms with van der Waals surface area (Å²) in [5.41, 5.74) is 3.99. The molecule has 4 rings (SSSR count). The number of aryl methyl sites for hydroxylation is 1. The lowest BCUT2D eigenvalue weighted by molar-refractivity contribution is 0.0785. The SMILES string of the molecule is Cn1nc(C(=O)N2CCCC2)c2c1CCC(NCc1ccc(F)cc1)C2. The van der Waals surface area contributed by atoms with Crippen LogP contribution >= 0.6 is 0 Å². The first kappa shape index (κ1) is 17.2. The molecule has 6 heteroatoms. The molecule has 1 aromatic carbocycles. The van der Waals surface area contributed by atoms with E-state index < -0.39 is 0 Å². The van der Waals surface area contributed by atoms with E-state index in [9.17, 15) is 9.18 Å². The Hall–Kier alpha value is -2.21. The minimum absolute atomic E-state index is 0.0820. The first-order valence-electron chi connectivity index (χ1n) is 9.43. The van der Waals surface area contributed by atoms with Gasteiger partial charge in [-0.1, -0.05) is 12.1 Å². The number of halogens is 1. The third-order valence-corrected chi connectivity index (χ3v) is 5.56. The van der Waals surface area contributed by atoms with Gasteiger partial charge in [-0.3, -0.25) is 9.48 Å². The first-order chi connectivity index (χ1) is 12.6. The van der Waals surface area contributed by atoms with Gasteiger partial charge in [-0.15, -0.1) is 0 Å². The highest BCUT2D eigenvalue weighted by molar-refractivity contribution is 5.94. The van der Waals surface area contributed by atoms with Gasteiger partial charge in [0, 0.05) is 44.0 Å². The molecule has 2 heterocycles. The highest BCUT2D eigenvalue weighted by Crippen LogP contribution is 2.26. The van der Waals surface area contributed by atoms with E-state index in [-0.39, 0.29) is 11.7 Å². The van der Waals surface area contributed by atoms with Crippen molar-refractivity contribution in [3.8, 4) is 0 Å². The standard InChI is InChI=1S/C20H25FN4O/c1-24-18-9-8-16(22-13-14-4-6-15(21)7-5-14)12-17(18)19(23-24)20(26)25-10-2-3-11-25/h4-7,16,22H,2-3,8-13H2,1H3. The van der Waals surface area contributed by atoms with Gasteiger partial charge in [-0.25, -0.2) is 4.39 Å². The van der Waals surface area contributed by atoms with E-state index in [0.717, 1.165) is 56.3 Å². The third kappa shape index (κ3) is 3.38. The van der Waals surface area contributed by atoms with E-state index >= 15 is 0 Å². The van der Waals surface area contributed by atoms with Crippen LogP contribution in [0.15, 0.2) is 24.3 Å². The van der Waals surface area contributed by atoms with Gasteiger partial charge in [0.1, 0.15) is 5.82 Å². The minimum atomic E-state index is -0.212. The Morgan fingerprint density at radius 3 is 2.73 bits per heavy atom. The van der Waals surface area contributed by atoms with E-state index in [2.05, 4.69) is 10.4 Å². The molecule has 0 saturated carbocycles. The number of nitrogens with one attached hydrogen (secondary N) is 1. The minimum Gasteiger partial charge on any atom is -0.337 e. The highest BCUT2D eigenvalue weighted by atomic mass is 19.1. The van der Waals surface area contributed by atoms with Crippen LogP contribution in [0, 0.1) is 5.82 Å². The summed E-state index contributed by atoms with van der Waals surface area (Å²) in [6.07, 6.45) is 4.93. The third-order valence-electron chi connectivity index (χ3n) is 5.56. The Balaban J connectivity index is 1.46. The second-order valence-electron chi connectivity index (χ2n) is 7.34. The normalized spacial score (nSPS) is 19.6. The Morgan fingerprint density at radius 2 is 2.00 bits per heavy atom. The van der Waals surface area contributed by atoms with Crippen molar-refractivity contribution in [2.75, 3.05) is 13.1 Å². The number of nitrogens with zero attached hydrogens (tertiary/aromatic N) is 3. The van der Waals surface area contributed by atoms with Gasteiger partial charge < -0.3 is 10.2 Å². The smallest absolute Gasteiger partial charge is 0.274 e. The number of fused-ring (bicyclic) bond motifs is 1. The summed E-state index contributed by atoms with van der Waals surface area (Å²) < 4.78 is 14.9. The average molecular weight is 356 g/mol. The summed E-state index contributed by atoms with van der Waals surface area (Å²) in [6, 6.07) is 6.90. The number of amides is 1. The van der Waals surface area contributed by atoms with Gasteiger partial charge in [-0.2, -0.15) is 5.10 Å². The van der Waals surface area contributed by atoms with E-state index in [0.29, 0.717) is 18.3 Å². The lowest BCUT2D eigenvalue weighted by Crippen LogP contribution is -2.35. The molecule has 1 atom stereocenters. The maximum atomic E-state index is 13.0. The summed E-state index contributed by atoms with van der Waals surface area (Å²) in [6.45, 7) is 2.39. The fourth-order valence-electron chi connectivity index (χ4n) is 4.07. The number of carbonyl (C=O) groups is 1. The highest BCUT2D eigenvalue weighted by Gasteiger charge is 2.31. The molecule has 2 aliphatic rings. The fourth-order valence-corrected chi connectivity index (χ4v) is 4.07. The Morgan fingerprint density at radius 1 is 1.27 bits per heavy atom. The number of hydrogen-bond acceptors (Lipinski definition) is 3. The Kier molecular flexibility index (Phi) is 4.76. The van der Waals surface area contributed by atoms with E-state index in [1.165, 1.54) is 17.8 Å². The Bertz CT molecular complexity index is 793. The molecule has 0 spiro atoms. The van der Waals surface area contributed by atoms with Crippen LogP contribution in [-0.4, -0.2) is 39.7 Å². The van der Waals surface area contributed by atoms with Crippen molar-refractivity contribution < 1.29 is 9.18 Å². The summed E-state index contributed by atoms with van der Waals surface area (Å²) in [4.78, 5) is 14.8. The zero-order valence-electron chi connectivity index (χ0n) is 15.2. The van der Waals surface area contributed by atoms with Crippen LogP contribution in [-0.2, 0) is 26.4 Å². The molecule has 1 fully saturated rings. The summed E-state index contributed by atoms with van der Waals surface area (Å²) in [5.74, 6) is -0.130. The molecule has 1 unspecified atom stereocenters. The topological polar surface area (TPSA) is 50.2 Å². The van der Waals surface area contributed by atoms with Crippen molar-refractivity contribution in [2.24, 2.45) is 7.05 Å². The van der Waals surface area contributed by atoms with Crippen LogP contribution in [0.1, 0.15) is 46.6 Å². The zero-order valence-corrected chi connectivity index (χ0v) is 15.2. The molecule has 26 heavy (non-hydrogen) atoms. The van der Waals surface area contributed by atoms with Crippen molar-refractivity contribution >= 4 is 5.91 Å². The van der Waals surface area contributed by atoms with Gasteiger partial charge in [-0.05, 0) is 49.8 Å². The number of likely N-dealkylation sites (tertiary alicyclic amines) is 1. The molecular formula is C20H25FN4O. The number of benzene rings is 1. The second-order valence-corrected chi connectivity index (χ2v) is 7.34. The van der Waals surface area contributed by atoms with Crippen LogP contribution in [0.25, 0.3) is 0 Å².